The molecule has 0 bridgehead atoms. The molecule has 2 aromatic rings. The van der Waals surface area contributed by atoms with Gasteiger partial charge >= 0.3 is 6.18 Å². The summed E-state index contributed by atoms with van der Waals surface area (Å²) in [5.41, 5.74) is -2.08. The van der Waals surface area contributed by atoms with E-state index in [2.05, 4.69) is 10.3 Å². The SMILES string of the molecule is O=C(Nc1ccc(Cl)cc1C(F)(F)F)c1cc[nH]c(=O)c1. The molecule has 4 nitrogen and oxygen atoms in total. The number of aromatic nitrogens is 1. The second-order valence-electron chi connectivity index (χ2n) is 4.08. The van der Waals surface area contributed by atoms with Crippen LogP contribution in [0.1, 0.15) is 15.9 Å². The fourth-order valence-electron chi connectivity index (χ4n) is 1.64. The monoisotopic (exact) mass is 316 g/mol. The van der Waals surface area contributed by atoms with Crippen LogP contribution in [0.25, 0.3) is 0 Å². The van der Waals surface area contributed by atoms with E-state index < -0.39 is 28.9 Å². The van der Waals surface area contributed by atoms with Crippen molar-refractivity contribution in [3.63, 3.8) is 0 Å². The number of aromatic amines is 1. The van der Waals surface area contributed by atoms with Gasteiger partial charge in [0, 0.05) is 22.8 Å². The first-order valence-electron chi connectivity index (χ1n) is 5.64. The van der Waals surface area contributed by atoms with Gasteiger partial charge in [-0.15, -0.1) is 0 Å². The van der Waals surface area contributed by atoms with E-state index in [1.54, 1.807) is 0 Å². The molecule has 0 aliphatic heterocycles. The summed E-state index contributed by atoms with van der Waals surface area (Å²) in [5.74, 6) is -0.825. The van der Waals surface area contributed by atoms with Crippen molar-refractivity contribution in [1.29, 1.82) is 0 Å². The molecular formula is C13H8ClF3N2O2. The Bertz CT molecular complexity index is 741. The Morgan fingerprint density at radius 2 is 1.90 bits per heavy atom. The van der Waals surface area contributed by atoms with Gasteiger partial charge in [0.15, 0.2) is 0 Å². The smallest absolute Gasteiger partial charge is 0.329 e. The molecule has 0 saturated heterocycles. The van der Waals surface area contributed by atoms with Crippen molar-refractivity contribution in [3.8, 4) is 0 Å². The topological polar surface area (TPSA) is 62.0 Å². The van der Waals surface area contributed by atoms with Crippen molar-refractivity contribution in [2.75, 3.05) is 5.32 Å². The van der Waals surface area contributed by atoms with Crippen molar-refractivity contribution in [2.45, 2.75) is 6.18 Å². The van der Waals surface area contributed by atoms with Crippen molar-refractivity contribution < 1.29 is 18.0 Å². The first kappa shape index (κ1) is 15.1. The molecule has 0 saturated carbocycles. The molecule has 2 N–H and O–H groups in total. The predicted molar refractivity (Wildman–Crippen MR) is 71.5 cm³/mol. The van der Waals surface area contributed by atoms with Crippen LogP contribution >= 0.6 is 11.6 Å². The number of amides is 1. The third-order valence-electron chi connectivity index (χ3n) is 2.57. The number of hydrogen-bond acceptors (Lipinski definition) is 2. The molecule has 21 heavy (non-hydrogen) atoms. The molecule has 110 valence electrons. The summed E-state index contributed by atoms with van der Waals surface area (Å²) < 4.78 is 38.6. The van der Waals surface area contributed by atoms with Crippen LogP contribution in [0.5, 0.6) is 0 Å². The van der Waals surface area contributed by atoms with Gasteiger partial charge in [0.1, 0.15) is 0 Å². The summed E-state index contributed by atoms with van der Waals surface area (Å²) in [6.45, 7) is 0. The molecule has 0 fully saturated rings. The van der Waals surface area contributed by atoms with Gasteiger partial charge in [-0.2, -0.15) is 13.2 Å². The third-order valence-corrected chi connectivity index (χ3v) is 2.81. The third kappa shape index (κ3) is 3.63. The molecule has 0 spiro atoms. The number of pyridine rings is 1. The highest BCUT2D eigenvalue weighted by atomic mass is 35.5. The fraction of sp³-hybridized carbons (Fsp3) is 0.0769. The molecule has 1 amide bonds. The van der Waals surface area contributed by atoms with E-state index in [4.69, 9.17) is 11.6 Å². The molecule has 8 heteroatoms. The van der Waals surface area contributed by atoms with Crippen molar-refractivity contribution in [3.05, 3.63) is 63.0 Å². The van der Waals surface area contributed by atoms with Gasteiger partial charge in [0.2, 0.25) is 5.56 Å². The Balaban J connectivity index is 2.36. The van der Waals surface area contributed by atoms with Crippen LogP contribution in [0, 0.1) is 0 Å². The molecular weight excluding hydrogens is 309 g/mol. The van der Waals surface area contributed by atoms with Crippen LogP contribution in [-0.2, 0) is 6.18 Å². The lowest BCUT2D eigenvalue weighted by Gasteiger charge is -2.14. The van der Waals surface area contributed by atoms with Gasteiger partial charge in [-0.05, 0) is 24.3 Å². The Labute approximate surface area is 121 Å². The van der Waals surface area contributed by atoms with Gasteiger partial charge in [-0.1, -0.05) is 11.6 Å². The number of H-pyrrole nitrogens is 1. The van der Waals surface area contributed by atoms with Crippen LogP contribution < -0.4 is 10.9 Å². The van der Waals surface area contributed by atoms with Crippen molar-refractivity contribution >= 4 is 23.2 Å². The quantitative estimate of drug-likeness (QED) is 0.893. The van der Waals surface area contributed by atoms with Crippen molar-refractivity contribution in [2.24, 2.45) is 0 Å². The highest BCUT2D eigenvalue weighted by Crippen LogP contribution is 2.36. The summed E-state index contributed by atoms with van der Waals surface area (Å²) in [6.07, 6.45) is -3.44. The summed E-state index contributed by atoms with van der Waals surface area (Å²) in [5, 5.41) is 2.02. The molecule has 2 rings (SSSR count). The van der Waals surface area contributed by atoms with E-state index in [9.17, 15) is 22.8 Å². The van der Waals surface area contributed by atoms with E-state index in [1.165, 1.54) is 18.3 Å². The van der Waals surface area contributed by atoms with Crippen molar-refractivity contribution in [1.82, 2.24) is 4.98 Å². The second-order valence-corrected chi connectivity index (χ2v) is 4.52. The molecule has 0 aliphatic rings. The molecule has 0 radical (unpaired) electrons. The molecule has 0 atom stereocenters. The van der Waals surface area contributed by atoms with E-state index in [-0.39, 0.29) is 10.6 Å². The minimum atomic E-state index is -4.67. The lowest BCUT2D eigenvalue weighted by Crippen LogP contribution is -2.18. The molecule has 1 aromatic heterocycles. The molecule has 1 aromatic carbocycles. The summed E-state index contributed by atoms with van der Waals surface area (Å²) in [7, 11) is 0. The summed E-state index contributed by atoms with van der Waals surface area (Å²) >= 11 is 5.54. The highest BCUT2D eigenvalue weighted by Gasteiger charge is 2.34. The predicted octanol–water partition coefficient (Wildman–Crippen LogP) is 3.30. The summed E-state index contributed by atoms with van der Waals surface area (Å²) in [4.78, 5) is 25.3. The van der Waals surface area contributed by atoms with E-state index >= 15 is 0 Å². The average Bonchev–Trinajstić information content (AvgIpc) is 2.39. The number of alkyl halides is 3. The van der Waals surface area contributed by atoms with Crippen LogP contribution in [0.4, 0.5) is 18.9 Å². The van der Waals surface area contributed by atoms with Gasteiger partial charge in [-0.3, -0.25) is 9.59 Å². The maximum atomic E-state index is 12.9. The number of halogens is 4. The normalized spacial score (nSPS) is 11.2. The first-order chi connectivity index (χ1) is 9.77. The molecule has 0 aliphatic carbocycles. The lowest BCUT2D eigenvalue weighted by molar-refractivity contribution is -0.136. The Morgan fingerprint density at radius 3 is 2.52 bits per heavy atom. The Hall–Kier alpha value is -2.28. The number of benzene rings is 1. The molecule has 0 unspecified atom stereocenters. The maximum absolute atomic E-state index is 12.9. The second kappa shape index (κ2) is 5.61. The van der Waals surface area contributed by atoms with Crippen LogP contribution in [0.2, 0.25) is 5.02 Å². The molecule has 1 heterocycles. The highest BCUT2D eigenvalue weighted by molar-refractivity contribution is 6.30. The maximum Gasteiger partial charge on any atom is 0.418 e. The zero-order chi connectivity index (χ0) is 15.6. The van der Waals surface area contributed by atoms with Crippen LogP contribution in [0.15, 0.2) is 41.3 Å². The Kier molecular flexibility index (Phi) is 4.04. The Morgan fingerprint density at radius 1 is 1.19 bits per heavy atom. The average molecular weight is 317 g/mol. The van der Waals surface area contributed by atoms with Crippen LogP contribution in [0.3, 0.4) is 0 Å². The summed E-state index contributed by atoms with van der Waals surface area (Å²) in [6, 6.07) is 5.26. The van der Waals surface area contributed by atoms with Gasteiger partial charge in [0.05, 0.1) is 11.3 Å². The number of hydrogen-bond donors (Lipinski definition) is 2. The lowest BCUT2D eigenvalue weighted by atomic mass is 10.1. The number of anilines is 1. The van der Waals surface area contributed by atoms with Crippen LogP contribution in [-0.4, -0.2) is 10.9 Å². The zero-order valence-electron chi connectivity index (χ0n) is 10.3. The largest absolute Gasteiger partial charge is 0.418 e. The van der Waals surface area contributed by atoms with Gasteiger partial charge in [-0.25, -0.2) is 0 Å². The first-order valence-corrected chi connectivity index (χ1v) is 6.02. The number of rotatable bonds is 2. The standard InChI is InChI=1S/C13H8ClF3N2O2/c14-8-1-2-10(9(6-8)13(15,16)17)19-12(21)7-3-4-18-11(20)5-7/h1-6H,(H,18,20)(H,19,21). The van der Waals surface area contributed by atoms with Gasteiger partial charge in [0.25, 0.3) is 5.91 Å². The number of nitrogens with one attached hydrogen (secondary N) is 2. The van der Waals surface area contributed by atoms with E-state index in [0.29, 0.717) is 0 Å². The fourth-order valence-corrected chi connectivity index (χ4v) is 1.81. The number of carbonyl (C=O) groups is 1. The number of carbonyl (C=O) groups excluding carboxylic acids is 1. The van der Waals surface area contributed by atoms with Gasteiger partial charge < -0.3 is 10.3 Å². The van der Waals surface area contributed by atoms with E-state index in [0.717, 1.165) is 18.2 Å². The zero-order valence-corrected chi connectivity index (χ0v) is 11.0. The minimum absolute atomic E-state index is 0.0539. The minimum Gasteiger partial charge on any atom is -0.329 e. The van der Waals surface area contributed by atoms with E-state index in [1.807, 2.05) is 0 Å².